The van der Waals surface area contributed by atoms with Crippen molar-refractivity contribution in [2.45, 2.75) is 0 Å². The lowest BCUT2D eigenvalue weighted by Crippen LogP contribution is -1.80. The highest BCUT2D eigenvalue weighted by Crippen LogP contribution is 2.28. The number of hydrogen-bond donors (Lipinski definition) is 1. The smallest absolute Gasteiger partial charge is 0.129 e. The van der Waals surface area contributed by atoms with Crippen LogP contribution in [0.25, 0.3) is 22.4 Å². The van der Waals surface area contributed by atoms with E-state index in [1.165, 1.54) is 0 Å². The topological polar surface area (TPSA) is 42.4 Å². The van der Waals surface area contributed by atoms with E-state index in [1.54, 1.807) is 24.5 Å². The second-order valence-corrected chi connectivity index (χ2v) is 6.35. The molecule has 0 aliphatic rings. The Balaban J connectivity index is 1.90. The van der Waals surface area contributed by atoms with Gasteiger partial charge in [0.1, 0.15) is 16.5 Å². The van der Waals surface area contributed by atoms with Crippen LogP contribution in [0.4, 0.5) is 0 Å². The number of hydrogen-bond acceptors (Lipinski definition) is 4. The molecule has 0 atom stereocenters. The lowest BCUT2D eigenvalue weighted by Gasteiger charge is -1.97. The number of aromatic nitrogens is 1. The van der Waals surface area contributed by atoms with Gasteiger partial charge in [-0.05, 0) is 57.9 Å². The summed E-state index contributed by atoms with van der Waals surface area (Å²) in [6, 6.07) is 11.2. The molecular formula is C16H12BrNO2S. The number of rotatable bonds is 3. The monoisotopic (exact) mass is 361 g/mol. The van der Waals surface area contributed by atoms with Crippen molar-refractivity contribution in [2.75, 3.05) is 7.11 Å². The van der Waals surface area contributed by atoms with Gasteiger partial charge in [0.15, 0.2) is 0 Å². The van der Waals surface area contributed by atoms with E-state index in [2.05, 4.69) is 20.9 Å². The Morgan fingerprint density at radius 3 is 2.81 bits per heavy atom. The molecule has 3 nitrogen and oxygen atoms in total. The molecule has 0 radical (unpaired) electrons. The van der Waals surface area contributed by atoms with Crippen LogP contribution in [0.2, 0.25) is 0 Å². The maximum atomic E-state index is 9.48. The standard InChI is InChI=1S/C16H12BrNO2S/c1-20-11-4-5-13-15(9-11)21-16(18-13)7-3-10-2-6-14(19)12(17)8-10/h2-9,19H,1H3/b7-3-. The van der Waals surface area contributed by atoms with Gasteiger partial charge < -0.3 is 9.84 Å². The van der Waals surface area contributed by atoms with Crippen LogP contribution in [-0.2, 0) is 0 Å². The number of aromatic hydroxyl groups is 1. The summed E-state index contributed by atoms with van der Waals surface area (Å²) >= 11 is 4.92. The lowest BCUT2D eigenvalue weighted by atomic mass is 10.2. The minimum atomic E-state index is 0.235. The predicted octanol–water partition coefficient (Wildman–Crippen LogP) is 4.94. The number of methoxy groups -OCH3 is 1. The Labute approximate surface area is 134 Å². The summed E-state index contributed by atoms with van der Waals surface area (Å²) in [5, 5.41) is 10.4. The lowest BCUT2D eigenvalue weighted by molar-refractivity contribution is 0.415. The van der Waals surface area contributed by atoms with Crippen LogP contribution in [0.3, 0.4) is 0 Å². The Morgan fingerprint density at radius 2 is 2.05 bits per heavy atom. The molecule has 0 bridgehead atoms. The molecule has 0 fully saturated rings. The van der Waals surface area contributed by atoms with Crippen molar-refractivity contribution in [3.05, 3.63) is 51.4 Å². The van der Waals surface area contributed by atoms with Crippen molar-refractivity contribution in [1.82, 2.24) is 4.98 Å². The molecule has 0 saturated carbocycles. The molecule has 0 aliphatic heterocycles. The van der Waals surface area contributed by atoms with Gasteiger partial charge >= 0.3 is 0 Å². The van der Waals surface area contributed by atoms with Crippen LogP contribution in [0, 0.1) is 0 Å². The van der Waals surface area contributed by atoms with Crippen LogP contribution >= 0.6 is 27.3 Å². The Kier molecular flexibility index (Phi) is 3.94. The van der Waals surface area contributed by atoms with Gasteiger partial charge in [0, 0.05) is 0 Å². The van der Waals surface area contributed by atoms with E-state index in [1.807, 2.05) is 42.5 Å². The third-order valence-corrected chi connectivity index (χ3v) is 4.62. The number of phenols is 1. The van der Waals surface area contributed by atoms with Crippen LogP contribution in [0.1, 0.15) is 10.6 Å². The zero-order valence-electron chi connectivity index (χ0n) is 11.2. The molecule has 3 aromatic rings. The normalized spacial score (nSPS) is 11.3. The second-order valence-electron chi connectivity index (χ2n) is 4.43. The van der Waals surface area contributed by atoms with Gasteiger partial charge in [-0.2, -0.15) is 0 Å². The molecular weight excluding hydrogens is 350 g/mol. The molecule has 0 aliphatic carbocycles. The fourth-order valence-corrected chi connectivity index (χ4v) is 3.21. The summed E-state index contributed by atoms with van der Waals surface area (Å²) in [6.07, 6.45) is 3.94. The maximum Gasteiger partial charge on any atom is 0.129 e. The van der Waals surface area contributed by atoms with Gasteiger partial charge in [-0.1, -0.05) is 12.1 Å². The van der Waals surface area contributed by atoms with E-state index in [-0.39, 0.29) is 5.75 Å². The number of thiazole rings is 1. The summed E-state index contributed by atoms with van der Waals surface area (Å²) in [6.45, 7) is 0. The van der Waals surface area contributed by atoms with E-state index in [9.17, 15) is 5.11 Å². The minimum absolute atomic E-state index is 0.235. The number of halogens is 1. The highest BCUT2D eigenvalue weighted by molar-refractivity contribution is 9.10. The molecule has 106 valence electrons. The van der Waals surface area contributed by atoms with Crippen molar-refractivity contribution >= 4 is 49.6 Å². The van der Waals surface area contributed by atoms with Crippen LogP contribution < -0.4 is 4.74 Å². The minimum Gasteiger partial charge on any atom is -0.507 e. The molecule has 5 heteroatoms. The molecule has 1 N–H and O–H groups in total. The average molecular weight is 362 g/mol. The van der Waals surface area contributed by atoms with Gasteiger partial charge in [-0.25, -0.2) is 4.98 Å². The summed E-state index contributed by atoms with van der Waals surface area (Å²) in [5.74, 6) is 1.07. The third kappa shape index (κ3) is 3.09. The molecule has 1 aromatic heterocycles. The SMILES string of the molecule is COc1ccc2nc(/C=C\c3ccc(O)c(Br)c3)sc2c1. The molecule has 21 heavy (non-hydrogen) atoms. The zero-order chi connectivity index (χ0) is 14.8. The van der Waals surface area contributed by atoms with Crippen molar-refractivity contribution in [3.8, 4) is 11.5 Å². The van der Waals surface area contributed by atoms with Crippen molar-refractivity contribution in [2.24, 2.45) is 0 Å². The average Bonchev–Trinajstić information content (AvgIpc) is 2.90. The molecule has 2 aromatic carbocycles. The summed E-state index contributed by atoms with van der Waals surface area (Å²) in [4.78, 5) is 4.56. The quantitative estimate of drug-likeness (QED) is 0.717. The summed E-state index contributed by atoms with van der Waals surface area (Å²) in [5.41, 5.74) is 1.96. The van der Waals surface area contributed by atoms with Gasteiger partial charge in [0.05, 0.1) is 21.8 Å². The van der Waals surface area contributed by atoms with E-state index >= 15 is 0 Å². The first-order valence-corrected chi connectivity index (χ1v) is 7.88. The van der Waals surface area contributed by atoms with Gasteiger partial charge in [-0.15, -0.1) is 11.3 Å². The van der Waals surface area contributed by atoms with Crippen LogP contribution in [0.15, 0.2) is 40.9 Å². The molecule has 1 heterocycles. The molecule has 0 amide bonds. The largest absolute Gasteiger partial charge is 0.507 e. The van der Waals surface area contributed by atoms with E-state index in [0.717, 1.165) is 26.5 Å². The highest BCUT2D eigenvalue weighted by atomic mass is 79.9. The maximum absolute atomic E-state index is 9.48. The van der Waals surface area contributed by atoms with Crippen molar-refractivity contribution in [3.63, 3.8) is 0 Å². The van der Waals surface area contributed by atoms with Gasteiger partial charge in [0.25, 0.3) is 0 Å². The van der Waals surface area contributed by atoms with Gasteiger partial charge in [0.2, 0.25) is 0 Å². The Hall–Kier alpha value is -1.85. The summed E-state index contributed by atoms with van der Waals surface area (Å²) < 4.78 is 6.99. The first-order valence-electron chi connectivity index (χ1n) is 6.27. The van der Waals surface area contributed by atoms with E-state index in [0.29, 0.717) is 4.47 Å². The van der Waals surface area contributed by atoms with E-state index in [4.69, 9.17) is 4.74 Å². The number of nitrogens with zero attached hydrogens (tertiary/aromatic N) is 1. The first kappa shape index (κ1) is 14.1. The highest BCUT2D eigenvalue weighted by Gasteiger charge is 2.03. The van der Waals surface area contributed by atoms with Crippen molar-refractivity contribution in [1.29, 1.82) is 0 Å². The fourth-order valence-electron chi connectivity index (χ4n) is 1.92. The summed E-state index contributed by atoms with van der Waals surface area (Å²) in [7, 11) is 1.66. The molecule has 3 rings (SSSR count). The zero-order valence-corrected chi connectivity index (χ0v) is 13.6. The predicted molar refractivity (Wildman–Crippen MR) is 90.9 cm³/mol. The number of fused-ring (bicyclic) bond motifs is 1. The number of benzene rings is 2. The fraction of sp³-hybridized carbons (Fsp3) is 0.0625. The molecule has 0 saturated heterocycles. The number of ether oxygens (including phenoxy) is 1. The Morgan fingerprint density at radius 1 is 1.19 bits per heavy atom. The second kappa shape index (κ2) is 5.87. The van der Waals surface area contributed by atoms with Gasteiger partial charge in [-0.3, -0.25) is 0 Å². The molecule has 0 spiro atoms. The Bertz CT molecular complexity index is 826. The number of phenolic OH excluding ortho intramolecular Hbond substituents is 1. The first-order chi connectivity index (χ1) is 10.2. The van der Waals surface area contributed by atoms with Crippen LogP contribution in [-0.4, -0.2) is 17.2 Å². The van der Waals surface area contributed by atoms with Crippen LogP contribution in [0.5, 0.6) is 11.5 Å². The van der Waals surface area contributed by atoms with E-state index < -0.39 is 0 Å². The molecule has 0 unspecified atom stereocenters. The third-order valence-electron chi connectivity index (χ3n) is 3.00. The van der Waals surface area contributed by atoms with Crippen molar-refractivity contribution < 1.29 is 9.84 Å².